The van der Waals surface area contributed by atoms with Gasteiger partial charge in [0.1, 0.15) is 11.6 Å². The van der Waals surface area contributed by atoms with Crippen LogP contribution in [-0.4, -0.2) is 9.55 Å². The van der Waals surface area contributed by atoms with E-state index in [-0.39, 0.29) is 5.82 Å². The first-order chi connectivity index (χ1) is 7.22. The molecule has 0 atom stereocenters. The van der Waals surface area contributed by atoms with Gasteiger partial charge in [0, 0.05) is 26.0 Å². The van der Waals surface area contributed by atoms with Crippen LogP contribution >= 0.6 is 0 Å². The van der Waals surface area contributed by atoms with Crippen LogP contribution in [0.5, 0.6) is 0 Å². The Balaban J connectivity index is 2.50. The maximum absolute atomic E-state index is 12.9. The largest absolute Gasteiger partial charge is 0.331 e. The van der Waals surface area contributed by atoms with Crippen LogP contribution in [0.2, 0.25) is 0 Å². The zero-order chi connectivity index (χ0) is 10.8. The van der Waals surface area contributed by atoms with Gasteiger partial charge in [0.15, 0.2) is 0 Å². The normalized spacial score (nSPS) is 10.5. The monoisotopic (exact) mass is 202 g/mol. The summed E-state index contributed by atoms with van der Waals surface area (Å²) in [5, 5.41) is 0. The number of hydrogen-bond acceptors (Lipinski definition) is 1. The van der Waals surface area contributed by atoms with E-state index < -0.39 is 0 Å². The number of halogens is 1. The van der Waals surface area contributed by atoms with Gasteiger partial charge in [-0.05, 0) is 12.1 Å². The number of terminal acetylenes is 1. The molecule has 3 heteroatoms. The fraction of sp³-hybridized carbons (Fsp3) is 0.250. The van der Waals surface area contributed by atoms with Crippen LogP contribution in [-0.2, 0) is 13.5 Å². The molecule has 0 bridgehead atoms. The molecule has 0 aliphatic carbocycles. The van der Waals surface area contributed by atoms with Crippen LogP contribution < -0.4 is 0 Å². The van der Waals surface area contributed by atoms with Gasteiger partial charge in [-0.15, -0.1) is 12.3 Å². The molecule has 0 saturated carbocycles. The molecular weight excluding hydrogens is 191 g/mol. The quantitative estimate of drug-likeness (QED) is 0.683. The van der Waals surface area contributed by atoms with Crippen LogP contribution in [0, 0.1) is 18.2 Å². The number of nitrogens with zero attached hydrogens (tertiary/aromatic N) is 2. The van der Waals surface area contributed by atoms with Gasteiger partial charge in [0.05, 0.1) is 11.0 Å². The van der Waals surface area contributed by atoms with E-state index in [4.69, 9.17) is 6.42 Å². The zero-order valence-electron chi connectivity index (χ0n) is 8.50. The Morgan fingerprint density at radius 2 is 2.33 bits per heavy atom. The van der Waals surface area contributed by atoms with Crippen molar-refractivity contribution in [2.24, 2.45) is 7.05 Å². The lowest BCUT2D eigenvalue weighted by atomic mass is 10.3. The molecule has 0 aliphatic heterocycles. The molecule has 0 unspecified atom stereocenters. The number of fused-ring (bicyclic) bond motifs is 1. The Hall–Kier alpha value is -1.82. The maximum Gasteiger partial charge on any atom is 0.125 e. The summed E-state index contributed by atoms with van der Waals surface area (Å²) >= 11 is 0. The topological polar surface area (TPSA) is 17.8 Å². The van der Waals surface area contributed by atoms with E-state index in [1.807, 2.05) is 11.6 Å². The Morgan fingerprint density at radius 1 is 1.53 bits per heavy atom. The lowest BCUT2D eigenvalue weighted by molar-refractivity contribution is 0.629. The summed E-state index contributed by atoms with van der Waals surface area (Å²) in [5.41, 5.74) is 1.62. The van der Waals surface area contributed by atoms with Crippen molar-refractivity contribution in [3.05, 3.63) is 29.8 Å². The predicted molar refractivity (Wildman–Crippen MR) is 57.8 cm³/mol. The van der Waals surface area contributed by atoms with E-state index in [1.54, 1.807) is 6.07 Å². The smallest absolute Gasteiger partial charge is 0.125 e. The van der Waals surface area contributed by atoms with Crippen LogP contribution in [0.3, 0.4) is 0 Å². The average Bonchev–Trinajstić information content (AvgIpc) is 2.52. The molecule has 1 aromatic carbocycles. The van der Waals surface area contributed by atoms with E-state index in [0.29, 0.717) is 11.9 Å². The van der Waals surface area contributed by atoms with E-state index in [1.165, 1.54) is 12.1 Å². The highest BCUT2D eigenvalue weighted by atomic mass is 19.1. The molecule has 0 fully saturated rings. The van der Waals surface area contributed by atoms with Crippen molar-refractivity contribution in [1.29, 1.82) is 0 Å². The number of rotatable bonds is 2. The van der Waals surface area contributed by atoms with Gasteiger partial charge in [0.2, 0.25) is 0 Å². The Kier molecular flexibility index (Phi) is 2.42. The van der Waals surface area contributed by atoms with E-state index >= 15 is 0 Å². The van der Waals surface area contributed by atoms with Gasteiger partial charge in [-0.2, -0.15) is 0 Å². The SMILES string of the molecule is C#CCCc1nc2cc(F)ccc2n1C. The summed E-state index contributed by atoms with van der Waals surface area (Å²) in [7, 11) is 1.92. The molecule has 0 saturated heterocycles. The van der Waals surface area contributed by atoms with Crippen molar-refractivity contribution in [1.82, 2.24) is 9.55 Å². The van der Waals surface area contributed by atoms with Crippen LogP contribution in [0.4, 0.5) is 4.39 Å². The fourth-order valence-corrected chi connectivity index (χ4v) is 1.63. The molecule has 76 valence electrons. The summed E-state index contributed by atoms with van der Waals surface area (Å²) in [6.45, 7) is 0. The van der Waals surface area contributed by atoms with Crippen LogP contribution in [0.15, 0.2) is 18.2 Å². The Labute approximate surface area is 87.7 Å². The zero-order valence-corrected chi connectivity index (χ0v) is 8.50. The standard InChI is InChI=1S/C12H11FN2/c1-3-4-5-12-14-10-8-9(13)6-7-11(10)15(12)2/h1,6-8H,4-5H2,2H3. The van der Waals surface area contributed by atoms with Crippen molar-refractivity contribution in [3.63, 3.8) is 0 Å². The van der Waals surface area contributed by atoms with Crippen LogP contribution in [0.1, 0.15) is 12.2 Å². The third-order valence-corrected chi connectivity index (χ3v) is 2.43. The van der Waals surface area contributed by atoms with Gasteiger partial charge in [0.25, 0.3) is 0 Å². The van der Waals surface area contributed by atoms with Crippen molar-refractivity contribution in [2.75, 3.05) is 0 Å². The van der Waals surface area contributed by atoms with Gasteiger partial charge < -0.3 is 4.57 Å². The molecule has 1 aromatic heterocycles. The second-order valence-electron chi connectivity index (χ2n) is 3.42. The molecule has 0 amide bonds. The summed E-state index contributed by atoms with van der Waals surface area (Å²) in [5.74, 6) is 3.21. The lowest BCUT2D eigenvalue weighted by Gasteiger charge is -1.98. The molecule has 0 aliphatic rings. The Morgan fingerprint density at radius 3 is 3.07 bits per heavy atom. The first-order valence-corrected chi connectivity index (χ1v) is 4.76. The van der Waals surface area contributed by atoms with Crippen molar-refractivity contribution in [2.45, 2.75) is 12.8 Å². The molecule has 2 rings (SSSR count). The third-order valence-electron chi connectivity index (χ3n) is 2.43. The number of hydrogen-bond donors (Lipinski definition) is 0. The summed E-state index contributed by atoms with van der Waals surface area (Å²) in [4.78, 5) is 4.34. The average molecular weight is 202 g/mol. The first kappa shape index (κ1) is 9.72. The van der Waals surface area contributed by atoms with Crippen molar-refractivity contribution < 1.29 is 4.39 Å². The minimum Gasteiger partial charge on any atom is -0.331 e. The molecule has 15 heavy (non-hydrogen) atoms. The summed E-state index contributed by atoms with van der Waals surface area (Å²) in [6, 6.07) is 4.61. The summed E-state index contributed by atoms with van der Waals surface area (Å²) in [6.07, 6.45) is 6.58. The van der Waals surface area contributed by atoms with Gasteiger partial charge >= 0.3 is 0 Å². The second-order valence-corrected chi connectivity index (χ2v) is 3.42. The molecule has 2 aromatic rings. The molecule has 2 nitrogen and oxygen atoms in total. The van der Waals surface area contributed by atoms with E-state index in [2.05, 4.69) is 10.9 Å². The van der Waals surface area contributed by atoms with Crippen LogP contribution in [0.25, 0.3) is 11.0 Å². The molecule has 0 spiro atoms. The molecule has 0 radical (unpaired) electrons. The minimum atomic E-state index is -0.260. The fourth-order valence-electron chi connectivity index (χ4n) is 1.63. The molecule has 1 heterocycles. The maximum atomic E-state index is 12.9. The van der Waals surface area contributed by atoms with Gasteiger partial charge in [-0.25, -0.2) is 9.37 Å². The second kappa shape index (κ2) is 3.74. The Bertz CT molecular complexity index is 534. The summed E-state index contributed by atoms with van der Waals surface area (Å²) < 4.78 is 14.9. The molecule has 0 N–H and O–H groups in total. The highest BCUT2D eigenvalue weighted by Gasteiger charge is 2.07. The molecular formula is C12H11FN2. The number of aromatic nitrogens is 2. The van der Waals surface area contributed by atoms with Gasteiger partial charge in [-0.3, -0.25) is 0 Å². The predicted octanol–water partition coefficient (Wildman–Crippen LogP) is 2.28. The number of imidazole rings is 1. The number of benzene rings is 1. The first-order valence-electron chi connectivity index (χ1n) is 4.76. The van der Waals surface area contributed by atoms with E-state index in [9.17, 15) is 4.39 Å². The minimum absolute atomic E-state index is 0.260. The lowest BCUT2D eigenvalue weighted by Crippen LogP contribution is -1.96. The number of aryl methyl sites for hydroxylation is 2. The highest BCUT2D eigenvalue weighted by molar-refractivity contribution is 5.75. The van der Waals surface area contributed by atoms with Crippen molar-refractivity contribution >= 4 is 11.0 Å². The third kappa shape index (κ3) is 1.71. The van der Waals surface area contributed by atoms with E-state index in [0.717, 1.165) is 17.8 Å². The van der Waals surface area contributed by atoms with Gasteiger partial charge in [-0.1, -0.05) is 0 Å². The highest BCUT2D eigenvalue weighted by Crippen LogP contribution is 2.16. The van der Waals surface area contributed by atoms with Crippen molar-refractivity contribution in [3.8, 4) is 12.3 Å².